The van der Waals surface area contributed by atoms with E-state index in [2.05, 4.69) is 15.8 Å². The fraction of sp³-hybridized carbons (Fsp3) is 0.167. The Kier molecular flexibility index (Phi) is 7.42. The molecule has 2 aromatic rings. The van der Waals surface area contributed by atoms with Crippen LogP contribution in [0.2, 0.25) is 0 Å². The number of carboxylic acid groups (broad SMARTS) is 1. The third-order valence-electron chi connectivity index (χ3n) is 3.81. The number of benzene rings is 2. The second-order valence-corrected chi connectivity index (χ2v) is 7.88. The summed E-state index contributed by atoms with van der Waals surface area (Å²) < 4.78 is 25.0. The lowest BCUT2D eigenvalue weighted by molar-refractivity contribution is -0.142. The second-order valence-electron chi connectivity index (χ2n) is 6.02. The van der Waals surface area contributed by atoms with E-state index in [0.29, 0.717) is 15.7 Å². The molecule has 5 N–H and O–H groups in total. The van der Waals surface area contributed by atoms with Gasteiger partial charge in [-0.1, -0.05) is 40.8 Å². The van der Waals surface area contributed by atoms with E-state index >= 15 is 0 Å². The highest BCUT2D eigenvalue weighted by Gasteiger charge is 2.34. The number of carboxylic acids is 1. The molecule has 2 aromatic carbocycles. The number of nitrogens with two attached hydrogens (primary N) is 1. The zero-order chi connectivity index (χ0) is 21.4. The first-order chi connectivity index (χ1) is 13.7. The standard InChI is InChI=1S/C18H21N5O5S/c1-29(27,28)23(16(18(25)26)10-13-6-3-2-4-7-13)22-17(24)14-8-5-9-15(11-14)20-12-21-19/h2-9,11-12,16H,10,19H2,1H3,(H,20,21)(H,22,24)(H,25,26)/t16-/m0/s1. The Morgan fingerprint density at radius 1 is 1.21 bits per heavy atom. The third-order valence-corrected chi connectivity index (χ3v) is 4.87. The second kappa shape index (κ2) is 9.78. The Bertz CT molecular complexity index is 995. The van der Waals surface area contributed by atoms with Gasteiger partial charge in [0.25, 0.3) is 5.91 Å². The van der Waals surface area contributed by atoms with Crippen molar-refractivity contribution >= 4 is 33.9 Å². The Morgan fingerprint density at radius 3 is 2.48 bits per heavy atom. The highest BCUT2D eigenvalue weighted by molar-refractivity contribution is 7.88. The van der Waals surface area contributed by atoms with Crippen molar-refractivity contribution in [1.82, 2.24) is 15.3 Å². The van der Waals surface area contributed by atoms with Crippen molar-refractivity contribution < 1.29 is 23.1 Å². The number of aliphatic carboxylic acids is 1. The minimum Gasteiger partial charge on any atom is -0.480 e. The normalized spacial score (nSPS) is 12.7. The van der Waals surface area contributed by atoms with Crippen LogP contribution in [0.5, 0.6) is 0 Å². The van der Waals surface area contributed by atoms with Crippen molar-refractivity contribution in [2.75, 3.05) is 6.26 Å². The maximum Gasteiger partial charge on any atom is 0.324 e. The minimum atomic E-state index is -4.09. The van der Waals surface area contributed by atoms with Crippen molar-refractivity contribution in [2.24, 2.45) is 10.8 Å². The summed E-state index contributed by atoms with van der Waals surface area (Å²) in [4.78, 5) is 28.3. The fourth-order valence-electron chi connectivity index (χ4n) is 2.50. The Hall–Kier alpha value is -3.28. The van der Waals surface area contributed by atoms with Gasteiger partial charge in [-0.3, -0.25) is 15.0 Å². The zero-order valence-electron chi connectivity index (χ0n) is 15.5. The number of hydrazine groups is 2. The summed E-state index contributed by atoms with van der Waals surface area (Å²) in [5.74, 6) is 2.91. The van der Waals surface area contributed by atoms with Gasteiger partial charge in [0.2, 0.25) is 10.0 Å². The number of nitrogens with one attached hydrogen (secondary N) is 2. The van der Waals surface area contributed by atoms with Gasteiger partial charge < -0.3 is 10.5 Å². The minimum absolute atomic E-state index is 0.0918. The quantitative estimate of drug-likeness (QED) is 0.199. The number of hydrogen-bond donors (Lipinski definition) is 4. The average Bonchev–Trinajstić information content (AvgIpc) is 2.68. The van der Waals surface area contributed by atoms with E-state index in [4.69, 9.17) is 5.84 Å². The topological polar surface area (TPSA) is 154 Å². The van der Waals surface area contributed by atoms with E-state index in [-0.39, 0.29) is 12.0 Å². The molecule has 0 aromatic heterocycles. The predicted molar refractivity (Wildman–Crippen MR) is 108 cm³/mol. The molecule has 2 rings (SSSR count). The summed E-state index contributed by atoms with van der Waals surface area (Å²) in [5.41, 5.74) is 5.50. The van der Waals surface area contributed by atoms with Crippen LogP contribution in [0.25, 0.3) is 0 Å². The highest BCUT2D eigenvalue weighted by atomic mass is 32.2. The van der Waals surface area contributed by atoms with E-state index in [0.717, 1.165) is 6.26 Å². The molecular formula is C18H21N5O5S. The van der Waals surface area contributed by atoms with E-state index in [1.807, 2.05) is 0 Å². The Balaban J connectivity index is 2.31. The molecule has 1 atom stereocenters. The van der Waals surface area contributed by atoms with Crippen LogP contribution in [0, 0.1) is 0 Å². The van der Waals surface area contributed by atoms with Crippen molar-refractivity contribution in [3.63, 3.8) is 0 Å². The van der Waals surface area contributed by atoms with Crippen LogP contribution in [0.15, 0.2) is 59.6 Å². The van der Waals surface area contributed by atoms with E-state index < -0.39 is 27.9 Å². The first-order valence-corrected chi connectivity index (χ1v) is 10.2. The molecule has 154 valence electrons. The van der Waals surface area contributed by atoms with Crippen LogP contribution in [-0.2, 0) is 21.2 Å². The molecular weight excluding hydrogens is 398 g/mol. The number of sulfonamides is 1. The van der Waals surface area contributed by atoms with Gasteiger partial charge in [-0.05, 0) is 23.8 Å². The van der Waals surface area contributed by atoms with E-state index in [1.54, 1.807) is 42.5 Å². The summed E-state index contributed by atoms with van der Waals surface area (Å²) in [6.07, 6.45) is 1.90. The lowest BCUT2D eigenvalue weighted by Gasteiger charge is -2.27. The smallest absolute Gasteiger partial charge is 0.324 e. The van der Waals surface area contributed by atoms with Gasteiger partial charge in [0.1, 0.15) is 12.4 Å². The molecule has 0 aliphatic carbocycles. The van der Waals surface area contributed by atoms with Crippen molar-refractivity contribution in [3.8, 4) is 0 Å². The van der Waals surface area contributed by atoms with Crippen LogP contribution in [0.3, 0.4) is 0 Å². The maximum absolute atomic E-state index is 12.6. The largest absolute Gasteiger partial charge is 0.480 e. The number of carbonyl (C=O) groups is 2. The molecule has 0 saturated heterocycles. The first-order valence-electron chi connectivity index (χ1n) is 8.38. The van der Waals surface area contributed by atoms with Gasteiger partial charge in [0.15, 0.2) is 0 Å². The van der Waals surface area contributed by atoms with Crippen LogP contribution in [0.4, 0.5) is 5.69 Å². The van der Waals surface area contributed by atoms with Crippen LogP contribution >= 0.6 is 0 Å². The summed E-state index contributed by atoms with van der Waals surface area (Å²) in [6, 6.07) is 13.0. The molecule has 0 unspecified atom stereocenters. The Morgan fingerprint density at radius 2 is 1.90 bits per heavy atom. The van der Waals surface area contributed by atoms with Gasteiger partial charge in [-0.15, -0.1) is 0 Å². The van der Waals surface area contributed by atoms with E-state index in [1.165, 1.54) is 18.5 Å². The Labute approximate surface area is 168 Å². The van der Waals surface area contributed by atoms with Crippen molar-refractivity contribution in [3.05, 3.63) is 65.7 Å². The maximum atomic E-state index is 12.6. The summed E-state index contributed by atoms with van der Waals surface area (Å²) in [5, 5.41) is 9.60. The third kappa shape index (κ3) is 6.38. The lowest BCUT2D eigenvalue weighted by Crippen LogP contribution is -2.55. The first kappa shape index (κ1) is 22.0. The van der Waals surface area contributed by atoms with Gasteiger partial charge in [-0.25, -0.2) is 19.3 Å². The number of rotatable bonds is 9. The molecule has 11 heteroatoms. The van der Waals surface area contributed by atoms with E-state index in [9.17, 15) is 23.1 Å². The molecule has 10 nitrogen and oxygen atoms in total. The van der Waals surface area contributed by atoms with Gasteiger partial charge in [-0.2, -0.15) is 0 Å². The lowest BCUT2D eigenvalue weighted by atomic mass is 10.1. The number of nitrogens with zero attached hydrogens (tertiary/aromatic N) is 2. The average molecular weight is 419 g/mol. The molecule has 0 aliphatic heterocycles. The van der Waals surface area contributed by atoms with Crippen molar-refractivity contribution in [2.45, 2.75) is 12.5 Å². The molecule has 0 aliphatic rings. The fourth-order valence-corrected chi connectivity index (χ4v) is 3.38. The number of aliphatic imine (C=N–C) groups is 1. The molecule has 0 bridgehead atoms. The molecule has 0 fully saturated rings. The molecule has 0 heterocycles. The summed E-state index contributed by atoms with van der Waals surface area (Å²) >= 11 is 0. The van der Waals surface area contributed by atoms with Gasteiger partial charge >= 0.3 is 5.97 Å². The van der Waals surface area contributed by atoms with Gasteiger partial charge in [0, 0.05) is 12.0 Å². The molecule has 1 amide bonds. The van der Waals surface area contributed by atoms with Crippen molar-refractivity contribution in [1.29, 1.82) is 0 Å². The zero-order valence-corrected chi connectivity index (χ0v) is 16.3. The highest BCUT2D eigenvalue weighted by Crippen LogP contribution is 2.15. The molecule has 0 radical (unpaired) electrons. The van der Waals surface area contributed by atoms with Gasteiger partial charge in [0.05, 0.1) is 11.9 Å². The summed E-state index contributed by atoms with van der Waals surface area (Å²) in [7, 11) is -4.09. The number of amides is 1. The predicted octanol–water partition coefficient (Wildman–Crippen LogP) is 0.412. The van der Waals surface area contributed by atoms with Crippen LogP contribution < -0.4 is 16.7 Å². The molecule has 0 spiro atoms. The monoisotopic (exact) mass is 419 g/mol. The number of hydrogen-bond acceptors (Lipinski definition) is 6. The van der Waals surface area contributed by atoms with Crippen LogP contribution in [-0.4, -0.2) is 48.5 Å². The number of carbonyl (C=O) groups excluding carboxylic acids is 1. The molecule has 29 heavy (non-hydrogen) atoms. The van der Waals surface area contributed by atoms with Crippen LogP contribution in [0.1, 0.15) is 15.9 Å². The SMILES string of the molecule is CS(=O)(=O)N(NC(=O)c1cccc(N=CNN)c1)[C@@H](Cc1ccccc1)C(=O)O. The summed E-state index contributed by atoms with van der Waals surface area (Å²) in [6.45, 7) is 0. The molecule has 0 saturated carbocycles.